The van der Waals surface area contributed by atoms with Gasteiger partial charge in [0.05, 0.1) is 5.56 Å². The van der Waals surface area contributed by atoms with Gasteiger partial charge in [-0.3, -0.25) is 0 Å². The van der Waals surface area contributed by atoms with Crippen molar-refractivity contribution in [3.63, 3.8) is 0 Å². The Labute approximate surface area is 159 Å². The highest BCUT2D eigenvalue weighted by Gasteiger charge is 2.20. The van der Waals surface area contributed by atoms with Gasteiger partial charge in [-0.25, -0.2) is 4.79 Å². The number of carbonyl (C=O) groups is 1. The standard InChI is InChI=1S/C24H30O2.H2/c1-15-6-8-20(9-7-15)21-10-12-22(13-11-21)24(25)26-23-14-16(2)17(3)18(4)19(23)5;/h10-15,20H,6-9H2,1-5H3;1H. The zero-order valence-corrected chi connectivity index (χ0v) is 16.7. The van der Waals surface area contributed by atoms with Crippen LogP contribution < -0.4 is 4.74 Å². The summed E-state index contributed by atoms with van der Waals surface area (Å²) >= 11 is 0. The first-order valence-electron chi connectivity index (χ1n) is 9.76. The summed E-state index contributed by atoms with van der Waals surface area (Å²) in [5.41, 5.74) is 6.61. The maximum Gasteiger partial charge on any atom is 0.343 e. The predicted octanol–water partition coefficient (Wildman–Crippen LogP) is 6.68. The van der Waals surface area contributed by atoms with E-state index in [1.165, 1.54) is 42.4 Å². The summed E-state index contributed by atoms with van der Waals surface area (Å²) in [5.74, 6) is 1.88. The molecule has 0 N–H and O–H groups in total. The van der Waals surface area contributed by atoms with Crippen LogP contribution in [-0.2, 0) is 0 Å². The predicted molar refractivity (Wildman–Crippen MR) is 109 cm³/mol. The van der Waals surface area contributed by atoms with Gasteiger partial charge in [0.15, 0.2) is 0 Å². The van der Waals surface area contributed by atoms with Crippen molar-refractivity contribution in [3.05, 3.63) is 63.7 Å². The number of benzene rings is 2. The van der Waals surface area contributed by atoms with E-state index in [2.05, 4.69) is 39.8 Å². The van der Waals surface area contributed by atoms with Crippen molar-refractivity contribution in [2.75, 3.05) is 0 Å². The van der Waals surface area contributed by atoms with Crippen LogP contribution in [0, 0.1) is 33.6 Å². The highest BCUT2D eigenvalue weighted by molar-refractivity contribution is 5.91. The Morgan fingerprint density at radius 3 is 2.15 bits per heavy atom. The summed E-state index contributed by atoms with van der Waals surface area (Å²) in [5, 5.41) is 0. The topological polar surface area (TPSA) is 26.3 Å². The van der Waals surface area contributed by atoms with Crippen molar-refractivity contribution in [3.8, 4) is 5.75 Å². The first kappa shape index (κ1) is 18.7. The number of ether oxygens (including phenoxy) is 1. The molecule has 2 nitrogen and oxygen atoms in total. The van der Waals surface area contributed by atoms with E-state index in [-0.39, 0.29) is 7.40 Å². The smallest absolute Gasteiger partial charge is 0.343 e. The molecule has 0 saturated heterocycles. The molecule has 2 heteroatoms. The van der Waals surface area contributed by atoms with Crippen LogP contribution in [0.3, 0.4) is 0 Å². The third kappa shape index (κ3) is 3.85. The molecule has 3 rings (SSSR count). The van der Waals surface area contributed by atoms with Crippen LogP contribution in [0.4, 0.5) is 0 Å². The molecule has 0 radical (unpaired) electrons. The molecule has 0 bridgehead atoms. The Morgan fingerprint density at radius 1 is 0.923 bits per heavy atom. The molecule has 1 aliphatic carbocycles. The molecule has 2 aromatic carbocycles. The molecular formula is C24H32O2. The molecule has 0 atom stereocenters. The second kappa shape index (κ2) is 7.65. The molecule has 140 valence electrons. The van der Waals surface area contributed by atoms with Crippen molar-refractivity contribution in [1.82, 2.24) is 0 Å². The largest absolute Gasteiger partial charge is 0.423 e. The quantitative estimate of drug-likeness (QED) is 0.455. The zero-order chi connectivity index (χ0) is 18.8. The minimum atomic E-state index is -0.278. The maximum atomic E-state index is 12.6. The third-order valence-corrected chi connectivity index (χ3v) is 6.27. The van der Waals surface area contributed by atoms with E-state index in [0.29, 0.717) is 17.2 Å². The number of hydrogen-bond acceptors (Lipinski definition) is 2. The lowest BCUT2D eigenvalue weighted by Crippen LogP contribution is -2.12. The van der Waals surface area contributed by atoms with Gasteiger partial charge >= 0.3 is 5.97 Å². The van der Waals surface area contributed by atoms with Gasteiger partial charge in [0.25, 0.3) is 0 Å². The monoisotopic (exact) mass is 352 g/mol. The van der Waals surface area contributed by atoms with E-state index in [0.717, 1.165) is 17.0 Å². The molecule has 0 aromatic heterocycles. The lowest BCUT2D eigenvalue weighted by molar-refractivity contribution is 0.0733. The van der Waals surface area contributed by atoms with Crippen LogP contribution in [0.2, 0.25) is 0 Å². The fraction of sp³-hybridized carbons (Fsp3) is 0.458. The van der Waals surface area contributed by atoms with Crippen molar-refractivity contribution in [1.29, 1.82) is 0 Å². The summed E-state index contributed by atoms with van der Waals surface area (Å²) in [7, 11) is 0. The summed E-state index contributed by atoms with van der Waals surface area (Å²) in [6.07, 6.45) is 5.12. The third-order valence-electron chi connectivity index (χ3n) is 6.27. The van der Waals surface area contributed by atoms with Crippen LogP contribution in [0.15, 0.2) is 30.3 Å². The van der Waals surface area contributed by atoms with Crippen LogP contribution >= 0.6 is 0 Å². The summed E-state index contributed by atoms with van der Waals surface area (Å²) < 4.78 is 5.71. The van der Waals surface area contributed by atoms with Crippen LogP contribution in [-0.4, -0.2) is 5.97 Å². The van der Waals surface area contributed by atoms with E-state index in [9.17, 15) is 4.79 Å². The highest BCUT2D eigenvalue weighted by atomic mass is 16.5. The lowest BCUT2D eigenvalue weighted by atomic mass is 9.79. The molecule has 0 heterocycles. The molecule has 0 unspecified atom stereocenters. The van der Waals surface area contributed by atoms with E-state index in [4.69, 9.17) is 4.74 Å². The summed E-state index contributed by atoms with van der Waals surface area (Å²) in [6.45, 7) is 10.6. The Balaban J connectivity index is 0.00000261. The molecule has 2 aromatic rings. The number of esters is 1. The second-order valence-electron chi connectivity index (χ2n) is 8.03. The first-order valence-corrected chi connectivity index (χ1v) is 9.76. The van der Waals surface area contributed by atoms with Crippen molar-refractivity contribution in [2.45, 2.75) is 66.2 Å². The fourth-order valence-corrected chi connectivity index (χ4v) is 3.92. The number of hydrogen-bond donors (Lipinski definition) is 0. The zero-order valence-electron chi connectivity index (χ0n) is 16.7. The number of aryl methyl sites for hydroxylation is 1. The average molecular weight is 353 g/mol. The molecular weight excluding hydrogens is 320 g/mol. The summed E-state index contributed by atoms with van der Waals surface area (Å²) in [6, 6.07) is 10.0. The lowest BCUT2D eigenvalue weighted by Gasteiger charge is -2.26. The van der Waals surface area contributed by atoms with Gasteiger partial charge in [-0.1, -0.05) is 31.9 Å². The minimum absolute atomic E-state index is 0. The number of carbonyl (C=O) groups excluding carboxylic acids is 1. The molecule has 0 spiro atoms. The minimum Gasteiger partial charge on any atom is -0.423 e. The van der Waals surface area contributed by atoms with Crippen molar-refractivity contribution >= 4 is 5.97 Å². The van der Waals surface area contributed by atoms with Gasteiger partial charge in [0, 0.05) is 1.43 Å². The van der Waals surface area contributed by atoms with Crippen molar-refractivity contribution in [2.24, 2.45) is 5.92 Å². The Kier molecular flexibility index (Phi) is 5.50. The fourth-order valence-electron chi connectivity index (χ4n) is 3.92. The van der Waals surface area contributed by atoms with Gasteiger partial charge in [0.1, 0.15) is 5.75 Å². The van der Waals surface area contributed by atoms with E-state index in [1.807, 2.05) is 25.1 Å². The van der Waals surface area contributed by atoms with Gasteiger partial charge in [-0.2, -0.15) is 0 Å². The highest BCUT2D eigenvalue weighted by Crippen LogP contribution is 2.35. The Morgan fingerprint density at radius 2 is 1.54 bits per heavy atom. The molecule has 1 fully saturated rings. The normalized spacial score (nSPS) is 20.0. The molecule has 0 amide bonds. The molecule has 1 aliphatic rings. The Hall–Kier alpha value is -2.09. The van der Waals surface area contributed by atoms with Gasteiger partial charge < -0.3 is 4.74 Å². The van der Waals surface area contributed by atoms with E-state index < -0.39 is 0 Å². The van der Waals surface area contributed by atoms with Crippen LogP contribution in [0.25, 0.3) is 0 Å². The SMILES string of the molecule is Cc1cc(OC(=O)c2ccc(C3CCC(C)CC3)cc2)c(C)c(C)c1C.[HH]. The molecule has 0 aliphatic heterocycles. The molecule has 1 saturated carbocycles. The van der Waals surface area contributed by atoms with E-state index >= 15 is 0 Å². The van der Waals surface area contributed by atoms with Gasteiger partial charge in [0.2, 0.25) is 0 Å². The van der Waals surface area contributed by atoms with Crippen molar-refractivity contribution < 1.29 is 11.0 Å². The van der Waals surface area contributed by atoms with Crippen LogP contribution in [0.5, 0.6) is 5.75 Å². The average Bonchev–Trinajstić information content (AvgIpc) is 2.65. The Bertz CT molecular complexity index is 800. The first-order chi connectivity index (χ1) is 12.4. The molecule has 26 heavy (non-hydrogen) atoms. The summed E-state index contributed by atoms with van der Waals surface area (Å²) in [4.78, 5) is 12.6. The maximum absolute atomic E-state index is 12.6. The van der Waals surface area contributed by atoms with Gasteiger partial charge in [-0.05, 0) is 98.4 Å². The van der Waals surface area contributed by atoms with Gasteiger partial charge in [-0.15, -0.1) is 0 Å². The number of rotatable bonds is 3. The van der Waals surface area contributed by atoms with Crippen LogP contribution in [0.1, 0.15) is 78.1 Å². The second-order valence-corrected chi connectivity index (χ2v) is 8.03. The van der Waals surface area contributed by atoms with E-state index in [1.54, 1.807) is 0 Å².